The molecule has 2 aromatic rings. The van der Waals surface area contributed by atoms with Crippen LogP contribution in [0.2, 0.25) is 0 Å². The number of para-hydroxylation sites is 1. The molecule has 1 heterocycles. The minimum absolute atomic E-state index is 0.0327. The number of anilines is 1. The van der Waals surface area contributed by atoms with Gasteiger partial charge in [-0.25, -0.2) is 8.42 Å². The highest BCUT2D eigenvalue weighted by Crippen LogP contribution is 2.22. The Hall–Kier alpha value is -2.73. The highest BCUT2D eigenvalue weighted by Gasteiger charge is 2.30. The third-order valence-electron chi connectivity index (χ3n) is 5.33. The molecule has 0 radical (unpaired) electrons. The fourth-order valence-electron chi connectivity index (χ4n) is 3.64. The second-order valence-electron chi connectivity index (χ2n) is 7.30. The summed E-state index contributed by atoms with van der Waals surface area (Å²) in [7, 11) is -3.74. The summed E-state index contributed by atoms with van der Waals surface area (Å²) in [5.41, 5.74) is 3.12. The predicted molar refractivity (Wildman–Crippen MR) is 116 cm³/mol. The van der Waals surface area contributed by atoms with Gasteiger partial charge in [0.15, 0.2) is 0 Å². The van der Waals surface area contributed by atoms with Crippen LogP contribution in [0.4, 0.5) is 5.69 Å². The number of hydrogen-bond donors (Lipinski definition) is 1. The summed E-state index contributed by atoms with van der Waals surface area (Å²) >= 11 is 0. The third kappa shape index (κ3) is 4.70. The van der Waals surface area contributed by atoms with E-state index in [1.165, 1.54) is 16.4 Å². The minimum Gasteiger partial charge on any atom is -0.324 e. The molecule has 2 aromatic carbocycles. The summed E-state index contributed by atoms with van der Waals surface area (Å²) in [4.78, 5) is 14.5. The van der Waals surface area contributed by atoms with E-state index in [4.69, 9.17) is 0 Å². The number of sulfonamides is 1. The van der Waals surface area contributed by atoms with Crippen LogP contribution in [0.1, 0.15) is 23.6 Å². The van der Waals surface area contributed by atoms with Crippen molar-refractivity contribution in [3.8, 4) is 6.07 Å². The average Bonchev–Trinajstić information content (AvgIpc) is 2.75. The zero-order valence-corrected chi connectivity index (χ0v) is 18.1. The summed E-state index contributed by atoms with van der Waals surface area (Å²) in [5.74, 6) is -0.106. The van der Waals surface area contributed by atoms with Crippen molar-refractivity contribution < 1.29 is 13.2 Å². The number of rotatable bonds is 6. The van der Waals surface area contributed by atoms with E-state index in [1.807, 2.05) is 36.1 Å². The fraction of sp³-hybridized carbons (Fsp3) is 0.364. The van der Waals surface area contributed by atoms with Crippen molar-refractivity contribution in [2.75, 3.05) is 38.0 Å². The molecule has 1 saturated heterocycles. The summed E-state index contributed by atoms with van der Waals surface area (Å²) in [6, 6.07) is 14.1. The van der Waals surface area contributed by atoms with Gasteiger partial charge in [0.2, 0.25) is 15.9 Å². The van der Waals surface area contributed by atoms with Gasteiger partial charge in [-0.15, -0.1) is 0 Å². The van der Waals surface area contributed by atoms with Crippen LogP contribution in [0.25, 0.3) is 0 Å². The van der Waals surface area contributed by atoms with E-state index < -0.39 is 10.0 Å². The first-order valence-corrected chi connectivity index (χ1v) is 11.4. The van der Waals surface area contributed by atoms with Crippen molar-refractivity contribution in [3.63, 3.8) is 0 Å². The Morgan fingerprint density at radius 1 is 1.10 bits per heavy atom. The minimum atomic E-state index is -3.74. The molecule has 0 aliphatic carbocycles. The standard InChI is InChI=1S/C22H26N4O3S/c1-3-18-9-6-7-17(2)22(18)24-21(27)16-25-11-13-26(14-12-25)30(28,29)20-10-5-4-8-19(20)15-23/h4-10H,3,11-14,16H2,1-2H3,(H,24,27). The predicted octanol–water partition coefficient (Wildman–Crippen LogP) is 2.37. The van der Waals surface area contributed by atoms with Gasteiger partial charge in [-0.05, 0) is 36.6 Å². The van der Waals surface area contributed by atoms with Gasteiger partial charge < -0.3 is 5.32 Å². The molecule has 30 heavy (non-hydrogen) atoms. The molecular weight excluding hydrogens is 400 g/mol. The van der Waals surface area contributed by atoms with Crippen LogP contribution < -0.4 is 5.32 Å². The Kier molecular flexibility index (Phi) is 6.87. The Labute approximate surface area is 178 Å². The van der Waals surface area contributed by atoms with E-state index >= 15 is 0 Å². The maximum Gasteiger partial charge on any atom is 0.244 e. The molecule has 0 aromatic heterocycles. The molecule has 3 rings (SSSR count). The Balaban J connectivity index is 1.61. The molecule has 1 N–H and O–H groups in total. The molecule has 1 amide bonds. The third-order valence-corrected chi connectivity index (χ3v) is 7.29. The topological polar surface area (TPSA) is 93.5 Å². The number of aryl methyl sites for hydroxylation is 2. The van der Waals surface area contributed by atoms with Crippen LogP contribution in [0.5, 0.6) is 0 Å². The Bertz CT molecular complexity index is 1070. The van der Waals surface area contributed by atoms with Crippen LogP contribution in [-0.4, -0.2) is 56.3 Å². The summed E-state index contributed by atoms with van der Waals surface area (Å²) in [6.07, 6.45) is 0.831. The van der Waals surface area contributed by atoms with Crippen molar-refractivity contribution in [1.29, 1.82) is 5.26 Å². The number of hydrogen-bond acceptors (Lipinski definition) is 5. The normalized spacial score (nSPS) is 15.5. The molecular formula is C22H26N4O3S. The van der Waals surface area contributed by atoms with Crippen molar-refractivity contribution in [3.05, 3.63) is 59.2 Å². The average molecular weight is 427 g/mol. The number of piperazine rings is 1. The van der Waals surface area contributed by atoms with Crippen molar-refractivity contribution in [1.82, 2.24) is 9.21 Å². The van der Waals surface area contributed by atoms with Gasteiger partial charge in [0, 0.05) is 31.9 Å². The number of nitrogens with zero attached hydrogens (tertiary/aromatic N) is 3. The van der Waals surface area contributed by atoms with Gasteiger partial charge >= 0.3 is 0 Å². The van der Waals surface area contributed by atoms with Gasteiger partial charge in [-0.2, -0.15) is 9.57 Å². The number of nitrogens with one attached hydrogen (secondary N) is 1. The van der Waals surface area contributed by atoms with Crippen LogP contribution >= 0.6 is 0 Å². The lowest BCUT2D eigenvalue weighted by molar-refractivity contribution is -0.117. The highest BCUT2D eigenvalue weighted by molar-refractivity contribution is 7.89. The second-order valence-corrected chi connectivity index (χ2v) is 9.21. The molecule has 0 atom stereocenters. The molecule has 1 aliphatic rings. The van der Waals surface area contributed by atoms with Crippen LogP contribution in [0, 0.1) is 18.3 Å². The lowest BCUT2D eigenvalue weighted by atomic mass is 10.1. The zero-order valence-electron chi connectivity index (χ0n) is 17.3. The molecule has 7 nitrogen and oxygen atoms in total. The van der Waals surface area contributed by atoms with Gasteiger partial charge in [-0.3, -0.25) is 9.69 Å². The van der Waals surface area contributed by atoms with E-state index in [0.29, 0.717) is 13.1 Å². The number of benzene rings is 2. The van der Waals surface area contributed by atoms with E-state index in [-0.39, 0.29) is 36.0 Å². The summed E-state index contributed by atoms with van der Waals surface area (Å²) < 4.78 is 27.2. The smallest absolute Gasteiger partial charge is 0.244 e. The Morgan fingerprint density at radius 2 is 1.80 bits per heavy atom. The van der Waals surface area contributed by atoms with Crippen LogP contribution in [0.15, 0.2) is 47.4 Å². The van der Waals surface area contributed by atoms with Gasteiger partial charge in [0.05, 0.1) is 17.0 Å². The Morgan fingerprint density at radius 3 is 2.47 bits per heavy atom. The van der Waals surface area contributed by atoms with Crippen LogP contribution in [-0.2, 0) is 21.2 Å². The largest absolute Gasteiger partial charge is 0.324 e. The quantitative estimate of drug-likeness (QED) is 0.765. The lowest BCUT2D eigenvalue weighted by Gasteiger charge is -2.33. The molecule has 1 fully saturated rings. The maximum atomic E-state index is 12.9. The lowest BCUT2D eigenvalue weighted by Crippen LogP contribution is -2.50. The number of amides is 1. The highest BCUT2D eigenvalue weighted by atomic mass is 32.2. The van der Waals surface area contributed by atoms with E-state index in [9.17, 15) is 18.5 Å². The van der Waals surface area contributed by atoms with E-state index in [0.717, 1.165) is 23.2 Å². The summed E-state index contributed by atoms with van der Waals surface area (Å²) in [6.45, 7) is 5.69. The molecule has 0 bridgehead atoms. The molecule has 0 unspecified atom stereocenters. The zero-order chi connectivity index (χ0) is 21.7. The van der Waals surface area contributed by atoms with Crippen molar-refractivity contribution in [2.45, 2.75) is 25.2 Å². The van der Waals surface area contributed by atoms with Crippen molar-refractivity contribution >= 4 is 21.6 Å². The van der Waals surface area contributed by atoms with E-state index in [1.54, 1.807) is 12.1 Å². The van der Waals surface area contributed by atoms with Gasteiger partial charge in [0.25, 0.3) is 0 Å². The first kappa shape index (κ1) is 22.0. The van der Waals surface area contributed by atoms with Gasteiger partial charge in [-0.1, -0.05) is 37.3 Å². The summed E-state index contributed by atoms with van der Waals surface area (Å²) in [5, 5.41) is 12.2. The van der Waals surface area contributed by atoms with Crippen molar-refractivity contribution in [2.24, 2.45) is 0 Å². The van der Waals surface area contributed by atoms with Gasteiger partial charge in [0.1, 0.15) is 6.07 Å². The first-order chi connectivity index (χ1) is 14.4. The molecule has 1 aliphatic heterocycles. The first-order valence-electron chi connectivity index (χ1n) is 9.96. The number of carbonyl (C=O) groups excluding carboxylic acids is 1. The van der Waals surface area contributed by atoms with Crippen LogP contribution in [0.3, 0.4) is 0 Å². The molecule has 0 saturated carbocycles. The number of carbonyl (C=O) groups is 1. The molecule has 0 spiro atoms. The molecule has 8 heteroatoms. The fourth-order valence-corrected chi connectivity index (χ4v) is 5.20. The van der Waals surface area contributed by atoms with E-state index in [2.05, 4.69) is 12.2 Å². The molecule has 158 valence electrons. The number of nitriles is 1. The SMILES string of the molecule is CCc1cccc(C)c1NC(=O)CN1CCN(S(=O)(=O)c2ccccc2C#N)CC1. The maximum absolute atomic E-state index is 12.9. The second kappa shape index (κ2) is 9.39. The monoisotopic (exact) mass is 426 g/mol.